The van der Waals surface area contributed by atoms with Crippen LogP contribution in [0.3, 0.4) is 0 Å². The molecule has 0 amide bonds. The Kier molecular flexibility index (Phi) is 4.25. The predicted octanol–water partition coefficient (Wildman–Crippen LogP) is 4.62. The Morgan fingerprint density at radius 3 is 2.64 bits per heavy atom. The lowest BCUT2D eigenvalue weighted by atomic mass is 10.1. The van der Waals surface area contributed by atoms with Gasteiger partial charge in [-0.25, -0.2) is 9.37 Å². The second-order valence-electron chi connectivity index (χ2n) is 4.99. The van der Waals surface area contributed by atoms with Gasteiger partial charge in [0.15, 0.2) is 5.84 Å². The first-order valence-corrected chi connectivity index (χ1v) is 7.17. The molecule has 3 aromatic rings. The fourth-order valence-corrected chi connectivity index (χ4v) is 2.50. The maximum absolute atomic E-state index is 13.2. The number of imidazole rings is 1. The summed E-state index contributed by atoms with van der Waals surface area (Å²) in [6, 6.07) is 5.65. The maximum atomic E-state index is 13.2. The first-order chi connectivity index (χ1) is 11.8. The number of alkyl halides is 3. The standard InChI is InChI=1S/C15H9ClF4N4O/c16-10-5-7(1-4-11(10)17)23-14(24-25)8-2-3-9(15(18,19)20)13-12(8)21-6-22-13/h1-6,25H,(H,21,22)(H,23,24). The van der Waals surface area contributed by atoms with Crippen molar-refractivity contribution in [3.8, 4) is 0 Å². The number of amidine groups is 1. The van der Waals surface area contributed by atoms with E-state index in [1.165, 1.54) is 12.1 Å². The molecule has 1 heterocycles. The van der Waals surface area contributed by atoms with E-state index in [4.69, 9.17) is 11.6 Å². The highest BCUT2D eigenvalue weighted by molar-refractivity contribution is 6.31. The minimum Gasteiger partial charge on any atom is -0.409 e. The van der Waals surface area contributed by atoms with Crippen LogP contribution in [0.25, 0.3) is 11.0 Å². The zero-order chi connectivity index (χ0) is 18.2. The summed E-state index contributed by atoms with van der Waals surface area (Å²) in [5.41, 5.74) is -0.779. The lowest BCUT2D eigenvalue weighted by Crippen LogP contribution is -2.15. The Hall–Kier alpha value is -2.81. The third-order valence-electron chi connectivity index (χ3n) is 3.42. The molecule has 25 heavy (non-hydrogen) atoms. The Labute approximate surface area is 142 Å². The number of nitrogens with one attached hydrogen (secondary N) is 2. The van der Waals surface area contributed by atoms with Crippen LogP contribution < -0.4 is 5.32 Å². The number of nitrogens with zero attached hydrogens (tertiary/aromatic N) is 2. The number of anilines is 1. The number of fused-ring (bicyclic) bond motifs is 1. The molecular formula is C15H9ClF4N4O. The summed E-state index contributed by atoms with van der Waals surface area (Å²) in [6.07, 6.45) is -3.48. The third-order valence-corrected chi connectivity index (χ3v) is 3.71. The molecule has 0 atom stereocenters. The third kappa shape index (κ3) is 3.22. The second-order valence-corrected chi connectivity index (χ2v) is 5.39. The highest BCUT2D eigenvalue weighted by Gasteiger charge is 2.34. The van der Waals surface area contributed by atoms with Crippen LogP contribution in [0, 0.1) is 5.82 Å². The van der Waals surface area contributed by atoms with E-state index in [0.29, 0.717) is 0 Å². The van der Waals surface area contributed by atoms with Crippen LogP contribution in [0.15, 0.2) is 41.8 Å². The summed E-state index contributed by atoms with van der Waals surface area (Å²) in [4.78, 5) is 6.28. The first-order valence-electron chi connectivity index (χ1n) is 6.79. The van der Waals surface area contributed by atoms with E-state index in [1.807, 2.05) is 0 Å². The molecule has 0 spiro atoms. The summed E-state index contributed by atoms with van der Waals surface area (Å²) in [7, 11) is 0. The molecule has 0 aliphatic rings. The molecule has 0 saturated heterocycles. The molecule has 3 rings (SSSR count). The maximum Gasteiger partial charge on any atom is 0.418 e. The van der Waals surface area contributed by atoms with Crippen molar-refractivity contribution in [3.63, 3.8) is 0 Å². The summed E-state index contributed by atoms with van der Waals surface area (Å²) in [5, 5.41) is 14.8. The molecule has 0 aliphatic carbocycles. The monoisotopic (exact) mass is 372 g/mol. The number of aromatic amines is 1. The van der Waals surface area contributed by atoms with Crippen molar-refractivity contribution in [2.45, 2.75) is 6.18 Å². The average molecular weight is 373 g/mol. The van der Waals surface area contributed by atoms with Gasteiger partial charge in [0.2, 0.25) is 0 Å². The van der Waals surface area contributed by atoms with Gasteiger partial charge in [-0.05, 0) is 30.3 Å². The average Bonchev–Trinajstić information content (AvgIpc) is 3.03. The van der Waals surface area contributed by atoms with Crippen molar-refractivity contribution in [1.29, 1.82) is 0 Å². The van der Waals surface area contributed by atoms with Gasteiger partial charge in [0.1, 0.15) is 11.3 Å². The van der Waals surface area contributed by atoms with E-state index in [2.05, 4.69) is 20.4 Å². The quantitative estimate of drug-likeness (QED) is 0.202. The molecule has 0 fully saturated rings. The minimum atomic E-state index is -4.58. The second kappa shape index (κ2) is 6.25. The van der Waals surface area contributed by atoms with Crippen LogP contribution in [-0.2, 0) is 6.18 Å². The smallest absolute Gasteiger partial charge is 0.409 e. The molecule has 1 aromatic heterocycles. The molecule has 10 heteroatoms. The van der Waals surface area contributed by atoms with Gasteiger partial charge in [0, 0.05) is 11.3 Å². The van der Waals surface area contributed by atoms with Gasteiger partial charge in [-0.1, -0.05) is 16.8 Å². The number of hydrogen-bond donors (Lipinski definition) is 3. The number of H-pyrrole nitrogens is 1. The van der Waals surface area contributed by atoms with Crippen molar-refractivity contribution in [3.05, 3.63) is 58.6 Å². The van der Waals surface area contributed by atoms with E-state index >= 15 is 0 Å². The van der Waals surface area contributed by atoms with Crippen molar-refractivity contribution < 1.29 is 22.8 Å². The van der Waals surface area contributed by atoms with Gasteiger partial charge >= 0.3 is 6.18 Å². The number of aromatic nitrogens is 2. The Bertz CT molecular complexity index is 968. The normalized spacial score (nSPS) is 12.6. The summed E-state index contributed by atoms with van der Waals surface area (Å²) < 4.78 is 52.3. The molecule has 0 saturated carbocycles. The highest BCUT2D eigenvalue weighted by Crippen LogP contribution is 2.35. The Balaban J connectivity index is 2.05. The van der Waals surface area contributed by atoms with Gasteiger partial charge in [-0.2, -0.15) is 13.2 Å². The van der Waals surface area contributed by atoms with Gasteiger partial charge < -0.3 is 15.5 Å². The number of oxime groups is 1. The van der Waals surface area contributed by atoms with E-state index in [9.17, 15) is 22.8 Å². The zero-order valence-electron chi connectivity index (χ0n) is 12.2. The Morgan fingerprint density at radius 2 is 2.00 bits per heavy atom. The van der Waals surface area contributed by atoms with Gasteiger partial charge in [0.25, 0.3) is 0 Å². The molecular weight excluding hydrogens is 364 g/mol. The molecule has 0 bridgehead atoms. The van der Waals surface area contributed by atoms with Crippen molar-refractivity contribution in [1.82, 2.24) is 9.97 Å². The fraction of sp³-hybridized carbons (Fsp3) is 0.0667. The van der Waals surface area contributed by atoms with E-state index in [0.717, 1.165) is 24.5 Å². The van der Waals surface area contributed by atoms with E-state index < -0.39 is 17.6 Å². The molecule has 0 radical (unpaired) electrons. The van der Waals surface area contributed by atoms with E-state index in [-0.39, 0.29) is 33.1 Å². The molecule has 130 valence electrons. The topological polar surface area (TPSA) is 73.3 Å². The molecule has 0 aliphatic heterocycles. The Morgan fingerprint density at radius 1 is 1.24 bits per heavy atom. The molecule has 3 N–H and O–H groups in total. The predicted molar refractivity (Wildman–Crippen MR) is 84.5 cm³/mol. The van der Waals surface area contributed by atoms with Crippen LogP contribution in [0.5, 0.6) is 0 Å². The lowest BCUT2D eigenvalue weighted by Gasteiger charge is -2.12. The number of rotatable bonds is 2. The zero-order valence-corrected chi connectivity index (χ0v) is 13.0. The van der Waals surface area contributed by atoms with Crippen molar-refractivity contribution in [2.24, 2.45) is 5.16 Å². The highest BCUT2D eigenvalue weighted by atomic mass is 35.5. The van der Waals surface area contributed by atoms with Crippen LogP contribution in [0.1, 0.15) is 11.1 Å². The number of halogens is 5. The summed E-state index contributed by atoms with van der Waals surface area (Å²) in [5.74, 6) is -0.800. The van der Waals surface area contributed by atoms with Crippen LogP contribution in [0.4, 0.5) is 23.2 Å². The summed E-state index contributed by atoms with van der Waals surface area (Å²) >= 11 is 5.68. The van der Waals surface area contributed by atoms with Crippen molar-refractivity contribution in [2.75, 3.05) is 5.32 Å². The van der Waals surface area contributed by atoms with Crippen LogP contribution >= 0.6 is 11.6 Å². The van der Waals surface area contributed by atoms with Crippen LogP contribution in [0.2, 0.25) is 5.02 Å². The minimum absolute atomic E-state index is 0.0309. The van der Waals surface area contributed by atoms with E-state index in [1.54, 1.807) is 0 Å². The number of hydrogen-bond acceptors (Lipinski definition) is 3. The van der Waals surface area contributed by atoms with Gasteiger partial charge in [-0.15, -0.1) is 0 Å². The lowest BCUT2D eigenvalue weighted by molar-refractivity contribution is -0.136. The molecule has 5 nitrogen and oxygen atoms in total. The van der Waals surface area contributed by atoms with Crippen molar-refractivity contribution >= 4 is 34.2 Å². The molecule has 2 aromatic carbocycles. The SMILES string of the molecule is O/N=C(/Nc1ccc(F)c(Cl)c1)c1ccc(C(F)(F)F)c2nc[nH]c12. The van der Waals surface area contributed by atoms with Gasteiger partial charge in [0.05, 0.1) is 22.4 Å². The largest absolute Gasteiger partial charge is 0.418 e. The fourth-order valence-electron chi connectivity index (χ4n) is 2.32. The van der Waals surface area contributed by atoms with Gasteiger partial charge in [-0.3, -0.25) is 0 Å². The van der Waals surface area contributed by atoms with Crippen LogP contribution in [-0.4, -0.2) is 21.0 Å². The summed E-state index contributed by atoms with van der Waals surface area (Å²) in [6.45, 7) is 0. The molecule has 0 unspecified atom stereocenters. The first kappa shape index (κ1) is 17.0. The number of benzene rings is 2.